The molecule has 2 amide bonds. The number of phenolic OH excluding ortho intramolecular Hbond substituents is 2. The molecule has 0 bridgehead atoms. The first kappa shape index (κ1) is 16.0. The van der Waals surface area contributed by atoms with Crippen molar-refractivity contribution in [2.45, 2.75) is 6.92 Å². The minimum absolute atomic E-state index is 0.0128. The molecule has 1 aliphatic rings. The van der Waals surface area contributed by atoms with E-state index in [9.17, 15) is 19.8 Å². The van der Waals surface area contributed by atoms with Crippen molar-refractivity contribution in [3.63, 3.8) is 0 Å². The number of nitrogens with zero attached hydrogens (tertiary/aromatic N) is 1. The minimum atomic E-state index is -0.668. The lowest BCUT2D eigenvalue weighted by Crippen LogP contribution is -2.23. The SMILES string of the molecule is Cc1ccc2c(c1Br)/C(=N\NC(=O)c1cc(O)cc(O)c1)C(=O)N2. The van der Waals surface area contributed by atoms with Crippen LogP contribution in [0.15, 0.2) is 39.9 Å². The number of amides is 2. The number of fused-ring (bicyclic) bond motifs is 1. The van der Waals surface area contributed by atoms with E-state index in [1.807, 2.05) is 13.0 Å². The van der Waals surface area contributed by atoms with E-state index in [-0.39, 0.29) is 22.8 Å². The van der Waals surface area contributed by atoms with E-state index < -0.39 is 11.8 Å². The van der Waals surface area contributed by atoms with Gasteiger partial charge in [-0.3, -0.25) is 9.59 Å². The van der Waals surface area contributed by atoms with Gasteiger partial charge in [-0.05, 0) is 46.6 Å². The highest BCUT2D eigenvalue weighted by atomic mass is 79.9. The predicted molar refractivity (Wildman–Crippen MR) is 91.3 cm³/mol. The topological polar surface area (TPSA) is 111 Å². The molecular weight excluding hydrogens is 378 g/mol. The van der Waals surface area contributed by atoms with Crippen LogP contribution in [0.2, 0.25) is 0 Å². The third-order valence-electron chi connectivity index (χ3n) is 3.47. The first-order valence-electron chi connectivity index (χ1n) is 6.88. The van der Waals surface area contributed by atoms with Crippen LogP contribution in [-0.4, -0.2) is 27.7 Å². The van der Waals surface area contributed by atoms with Gasteiger partial charge in [0.1, 0.15) is 11.5 Å². The van der Waals surface area contributed by atoms with Gasteiger partial charge in [-0.15, -0.1) is 0 Å². The molecule has 0 unspecified atom stereocenters. The average Bonchev–Trinajstić information content (AvgIpc) is 2.84. The molecule has 24 heavy (non-hydrogen) atoms. The van der Waals surface area contributed by atoms with Crippen LogP contribution in [-0.2, 0) is 4.79 Å². The number of rotatable bonds is 2. The molecule has 122 valence electrons. The van der Waals surface area contributed by atoms with Crippen molar-refractivity contribution in [1.82, 2.24) is 5.43 Å². The maximum Gasteiger partial charge on any atom is 0.276 e. The summed E-state index contributed by atoms with van der Waals surface area (Å²) in [5.41, 5.74) is 4.42. The van der Waals surface area contributed by atoms with E-state index in [1.165, 1.54) is 12.1 Å². The van der Waals surface area contributed by atoms with Crippen molar-refractivity contribution in [3.8, 4) is 11.5 Å². The van der Waals surface area contributed by atoms with E-state index in [2.05, 4.69) is 31.8 Å². The Morgan fingerprint density at radius 2 is 1.88 bits per heavy atom. The Bertz CT molecular complexity index is 888. The van der Waals surface area contributed by atoms with Gasteiger partial charge in [0.2, 0.25) is 0 Å². The number of carbonyl (C=O) groups is 2. The second-order valence-corrected chi connectivity index (χ2v) is 6.01. The van der Waals surface area contributed by atoms with Crippen molar-refractivity contribution in [2.75, 3.05) is 5.32 Å². The van der Waals surface area contributed by atoms with Gasteiger partial charge in [0, 0.05) is 21.7 Å². The lowest BCUT2D eigenvalue weighted by molar-refractivity contribution is -0.110. The summed E-state index contributed by atoms with van der Waals surface area (Å²) in [7, 11) is 0. The fourth-order valence-electron chi connectivity index (χ4n) is 2.32. The van der Waals surface area contributed by atoms with Crippen LogP contribution < -0.4 is 10.7 Å². The van der Waals surface area contributed by atoms with Crippen LogP contribution >= 0.6 is 15.9 Å². The van der Waals surface area contributed by atoms with Gasteiger partial charge in [0.25, 0.3) is 11.8 Å². The molecular formula is C16H12BrN3O4. The molecule has 8 heteroatoms. The van der Waals surface area contributed by atoms with Gasteiger partial charge in [-0.1, -0.05) is 6.07 Å². The van der Waals surface area contributed by atoms with Crippen LogP contribution in [0.1, 0.15) is 21.5 Å². The number of nitrogens with one attached hydrogen (secondary N) is 2. The fraction of sp³-hybridized carbons (Fsp3) is 0.0625. The van der Waals surface area contributed by atoms with Crippen LogP contribution in [0.4, 0.5) is 5.69 Å². The number of benzene rings is 2. The van der Waals surface area contributed by atoms with Crippen molar-refractivity contribution < 1.29 is 19.8 Å². The normalized spacial score (nSPS) is 14.4. The highest BCUT2D eigenvalue weighted by molar-refractivity contribution is 9.10. The molecule has 2 aromatic rings. The van der Waals surface area contributed by atoms with Crippen molar-refractivity contribution >= 4 is 39.1 Å². The summed E-state index contributed by atoms with van der Waals surface area (Å²) in [5.74, 6) is -1.61. The first-order valence-corrected chi connectivity index (χ1v) is 7.68. The van der Waals surface area contributed by atoms with Crippen LogP contribution in [0, 0.1) is 6.92 Å². The van der Waals surface area contributed by atoms with E-state index in [0.29, 0.717) is 15.7 Å². The van der Waals surface area contributed by atoms with Gasteiger partial charge < -0.3 is 15.5 Å². The molecule has 3 rings (SSSR count). The van der Waals surface area contributed by atoms with Crippen LogP contribution in [0.3, 0.4) is 0 Å². The zero-order valence-corrected chi connectivity index (χ0v) is 14.0. The predicted octanol–water partition coefficient (Wildman–Crippen LogP) is 2.25. The van der Waals surface area contributed by atoms with Crippen molar-refractivity contribution in [2.24, 2.45) is 5.10 Å². The minimum Gasteiger partial charge on any atom is -0.508 e. The standard InChI is InChI=1S/C16H12BrN3O4/c1-7-2-3-11-12(13(7)17)14(16(24)18-11)19-20-15(23)8-4-9(21)6-10(22)5-8/h2-6,21-22H,1H3,(H,20,23)(H,18,19,24). The quantitative estimate of drug-likeness (QED) is 0.590. The Labute approximate surface area is 145 Å². The zero-order chi connectivity index (χ0) is 17.4. The summed E-state index contributed by atoms with van der Waals surface area (Å²) in [4.78, 5) is 24.2. The molecule has 0 aliphatic carbocycles. The summed E-state index contributed by atoms with van der Waals surface area (Å²) < 4.78 is 0.710. The number of aromatic hydroxyl groups is 2. The summed E-state index contributed by atoms with van der Waals surface area (Å²) >= 11 is 3.42. The number of anilines is 1. The molecule has 4 N–H and O–H groups in total. The highest BCUT2D eigenvalue weighted by Crippen LogP contribution is 2.33. The number of hydrogen-bond acceptors (Lipinski definition) is 5. The molecule has 0 fully saturated rings. The number of hydrogen-bond donors (Lipinski definition) is 4. The Hall–Kier alpha value is -2.87. The monoisotopic (exact) mass is 389 g/mol. The molecule has 7 nitrogen and oxygen atoms in total. The molecule has 0 atom stereocenters. The Morgan fingerprint density at radius 1 is 1.21 bits per heavy atom. The third-order valence-corrected chi connectivity index (χ3v) is 4.49. The Kier molecular flexibility index (Phi) is 3.98. The average molecular weight is 390 g/mol. The summed E-state index contributed by atoms with van der Waals surface area (Å²) in [5, 5.41) is 25.4. The molecule has 0 spiro atoms. The van der Waals surface area contributed by atoms with Gasteiger partial charge in [-0.2, -0.15) is 5.10 Å². The Balaban J connectivity index is 1.92. The maximum absolute atomic E-state index is 12.1. The largest absolute Gasteiger partial charge is 0.508 e. The van der Waals surface area contributed by atoms with E-state index in [0.717, 1.165) is 11.6 Å². The smallest absolute Gasteiger partial charge is 0.276 e. The van der Waals surface area contributed by atoms with Gasteiger partial charge in [-0.25, -0.2) is 5.43 Å². The molecule has 0 saturated carbocycles. The van der Waals surface area contributed by atoms with E-state index in [1.54, 1.807) is 6.07 Å². The lowest BCUT2D eigenvalue weighted by atomic mass is 10.1. The highest BCUT2D eigenvalue weighted by Gasteiger charge is 2.29. The number of hydrazone groups is 1. The van der Waals surface area contributed by atoms with E-state index >= 15 is 0 Å². The number of halogens is 1. The third kappa shape index (κ3) is 2.83. The maximum atomic E-state index is 12.1. The van der Waals surface area contributed by atoms with Gasteiger partial charge in [0.05, 0.1) is 5.69 Å². The summed E-state index contributed by atoms with van der Waals surface area (Å²) in [6.07, 6.45) is 0. The Morgan fingerprint density at radius 3 is 2.54 bits per heavy atom. The first-order chi connectivity index (χ1) is 11.4. The van der Waals surface area contributed by atoms with Crippen LogP contribution in [0.5, 0.6) is 11.5 Å². The lowest BCUT2D eigenvalue weighted by Gasteiger charge is -2.05. The number of aryl methyl sites for hydroxylation is 1. The van der Waals surface area contributed by atoms with Crippen molar-refractivity contribution in [3.05, 3.63) is 51.5 Å². The molecule has 2 aromatic carbocycles. The number of carbonyl (C=O) groups excluding carboxylic acids is 2. The van der Waals surface area contributed by atoms with E-state index in [4.69, 9.17) is 0 Å². The second kappa shape index (κ2) is 5.97. The van der Waals surface area contributed by atoms with Gasteiger partial charge in [0.15, 0.2) is 5.71 Å². The zero-order valence-electron chi connectivity index (χ0n) is 12.4. The molecule has 0 radical (unpaired) electrons. The molecule has 1 heterocycles. The second-order valence-electron chi connectivity index (χ2n) is 5.21. The fourth-order valence-corrected chi connectivity index (χ4v) is 2.85. The number of phenols is 2. The summed E-state index contributed by atoms with van der Waals surface area (Å²) in [6, 6.07) is 7.06. The molecule has 0 saturated heterocycles. The molecule has 0 aromatic heterocycles. The molecule has 1 aliphatic heterocycles. The van der Waals surface area contributed by atoms with Crippen LogP contribution in [0.25, 0.3) is 0 Å². The summed E-state index contributed by atoms with van der Waals surface area (Å²) in [6.45, 7) is 1.87. The van der Waals surface area contributed by atoms with Gasteiger partial charge >= 0.3 is 0 Å². The van der Waals surface area contributed by atoms with Crippen molar-refractivity contribution in [1.29, 1.82) is 0 Å².